The van der Waals surface area contributed by atoms with Gasteiger partial charge in [-0.15, -0.1) is 0 Å². The van der Waals surface area contributed by atoms with Crippen molar-refractivity contribution in [2.75, 3.05) is 6.79 Å². The van der Waals surface area contributed by atoms with Crippen molar-refractivity contribution < 1.29 is 14.3 Å². The average molecular weight is 275 g/mol. The molecule has 0 unspecified atom stereocenters. The summed E-state index contributed by atoms with van der Waals surface area (Å²) in [7, 11) is 0. The molecule has 1 aliphatic carbocycles. The molecule has 0 aromatic heterocycles. The van der Waals surface area contributed by atoms with Crippen molar-refractivity contribution >= 4 is 5.91 Å². The van der Waals surface area contributed by atoms with Crippen LogP contribution >= 0.6 is 0 Å². The Bertz CT molecular complexity index is 514. The van der Waals surface area contributed by atoms with E-state index >= 15 is 0 Å². The highest BCUT2D eigenvalue weighted by Gasteiger charge is 2.28. The zero-order valence-corrected chi connectivity index (χ0v) is 12.0. The Balaban J connectivity index is 1.70. The molecule has 0 radical (unpaired) electrons. The molecular formula is C16H21NO3. The molecule has 4 heteroatoms. The fourth-order valence-electron chi connectivity index (χ4n) is 3.08. The van der Waals surface area contributed by atoms with E-state index in [0.717, 1.165) is 6.42 Å². The fraction of sp³-hybridized carbons (Fsp3) is 0.562. The molecule has 0 bridgehead atoms. The molecule has 1 fully saturated rings. The Morgan fingerprint density at radius 1 is 1.20 bits per heavy atom. The third kappa shape index (κ3) is 2.47. The molecule has 0 spiro atoms. The van der Waals surface area contributed by atoms with Crippen LogP contribution in [0, 0.1) is 11.8 Å². The summed E-state index contributed by atoms with van der Waals surface area (Å²) >= 11 is 0. The number of hydrogen-bond acceptors (Lipinski definition) is 3. The topological polar surface area (TPSA) is 47.6 Å². The Labute approximate surface area is 119 Å². The Kier molecular flexibility index (Phi) is 3.55. The van der Waals surface area contributed by atoms with Crippen molar-refractivity contribution in [2.24, 2.45) is 11.8 Å². The predicted octanol–water partition coefficient (Wildman–Crippen LogP) is 2.97. The Hall–Kier alpha value is -1.71. The van der Waals surface area contributed by atoms with Crippen LogP contribution in [0.1, 0.15) is 43.5 Å². The van der Waals surface area contributed by atoms with Gasteiger partial charge in [-0.3, -0.25) is 4.79 Å². The summed E-state index contributed by atoms with van der Waals surface area (Å²) in [6.07, 6.45) is 3.52. The molecule has 0 saturated heterocycles. The van der Waals surface area contributed by atoms with E-state index < -0.39 is 0 Å². The fourth-order valence-corrected chi connectivity index (χ4v) is 3.08. The molecule has 20 heavy (non-hydrogen) atoms. The second-order valence-corrected chi connectivity index (χ2v) is 5.92. The third-order valence-electron chi connectivity index (χ3n) is 4.66. The first kappa shape index (κ1) is 13.3. The highest BCUT2D eigenvalue weighted by molar-refractivity contribution is 5.95. The number of ether oxygens (including phenoxy) is 2. The molecule has 1 aromatic rings. The largest absolute Gasteiger partial charge is 0.454 e. The highest BCUT2D eigenvalue weighted by atomic mass is 16.7. The van der Waals surface area contributed by atoms with E-state index in [4.69, 9.17) is 9.47 Å². The lowest BCUT2D eigenvalue weighted by Crippen LogP contribution is -2.43. The zero-order chi connectivity index (χ0) is 14.1. The summed E-state index contributed by atoms with van der Waals surface area (Å²) < 4.78 is 10.6. The van der Waals surface area contributed by atoms with Crippen LogP contribution in [0.3, 0.4) is 0 Å². The molecule has 3 rings (SSSR count). The van der Waals surface area contributed by atoms with Gasteiger partial charge in [0.2, 0.25) is 6.79 Å². The monoisotopic (exact) mass is 275 g/mol. The number of carbonyl (C=O) groups is 1. The number of amides is 1. The van der Waals surface area contributed by atoms with Crippen LogP contribution in [0.15, 0.2) is 18.2 Å². The first-order chi connectivity index (χ1) is 9.65. The van der Waals surface area contributed by atoms with Gasteiger partial charge >= 0.3 is 0 Å². The van der Waals surface area contributed by atoms with Gasteiger partial charge in [0, 0.05) is 11.6 Å². The maximum atomic E-state index is 12.4. The van der Waals surface area contributed by atoms with Gasteiger partial charge in [-0.2, -0.15) is 0 Å². The number of rotatable bonds is 2. The number of benzene rings is 1. The first-order valence-electron chi connectivity index (χ1n) is 7.35. The minimum Gasteiger partial charge on any atom is -0.454 e. The third-order valence-corrected chi connectivity index (χ3v) is 4.66. The van der Waals surface area contributed by atoms with E-state index in [1.54, 1.807) is 18.2 Å². The van der Waals surface area contributed by atoms with Gasteiger partial charge in [0.25, 0.3) is 5.91 Å². The van der Waals surface area contributed by atoms with Crippen molar-refractivity contribution in [2.45, 2.75) is 39.2 Å². The zero-order valence-electron chi connectivity index (χ0n) is 12.0. The summed E-state index contributed by atoms with van der Waals surface area (Å²) in [5, 5.41) is 3.17. The molecule has 1 heterocycles. The molecule has 1 amide bonds. The van der Waals surface area contributed by atoms with E-state index in [9.17, 15) is 4.79 Å². The highest BCUT2D eigenvalue weighted by Crippen LogP contribution is 2.33. The van der Waals surface area contributed by atoms with Gasteiger partial charge in [0.1, 0.15) is 0 Å². The summed E-state index contributed by atoms with van der Waals surface area (Å²) in [5.41, 5.74) is 0.639. The molecule has 1 N–H and O–H groups in total. The summed E-state index contributed by atoms with van der Waals surface area (Å²) in [4.78, 5) is 12.4. The van der Waals surface area contributed by atoms with Gasteiger partial charge in [-0.1, -0.05) is 26.7 Å². The molecule has 3 atom stereocenters. The Morgan fingerprint density at radius 3 is 2.85 bits per heavy atom. The van der Waals surface area contributed by atoms with E-state index in [2.05, 4.69) is 19.2 Å². The Morgan fingerprint density at radius 2 is 2.00 bits per heavy atom. The van der Waals surface area contributed by atoms with Crippen LogP contribution < -0.4 is 14.8 Å². The lowest BCUT2D eigenvalue weighted by Gasteiger charge is -2.34. The van der Waals surface area contributed by atoms with Crippen LogP contribution in [-0.2, 0) is 0 Å². The molecule has 1 saturated carbocycles. The van der Waals surface area contributed by atoms with Crippen molar-refractivity contribution in [1.29, 1.82) is 0 Å². The summed E-state index contributed by atoms with van der Waals surface area (Å²) in [6, 6.07) is 5.62. The van der Waals surface area contributed by atoms with Gasteiger partial charge in [-0.05, 0) is 36.5 Å². The molecular weight excluding hydrogens is 254 g/mol. The number of hydrogen-bond donors (Lipinski definition) is 1. The normalized spacial score (nSPS) is 28.2. The predicted molar refractivity (Wildman–Crippen MR) is 76.0 cm³/mol. The van der Waals surface area contributed by atoms with Crippen molar-refractivity contribution in [3.8, 4) is 11.5 Å². The summed E-state index contributed by atoms with van der Waals surface area (Å²) in [6.45, 7) is 4.73. The maximum absolute atomic E-state index is 12.4. The molecule has 4 nitrogen and oxygen atoms in total. The lowest BCUT2D eigenvalue weighted by atomic mass is 9.78. The standard InChI is InChI=1S/C16H21NO3/c1-10-4-3-5-13(11(10)2)17-16(18)12-6-7-14-15(8-12)20-9-19-14/h6-8,10-11,13H,3-5,9H2,1-2H3,(H,17,18)/t10-,11+,13+/m1/s1. The molecule has 1 aromatic carbocycles. The van der Waals surface area contributed by atoms with Crippen LogP contribution in [0.2, 0.25) is 0 Å². The van der Waals surface area contributed by atoms with Crippen LogP contribution in [-0.4, -0.2) is 18.7 Å². The van der Waals surface area contributed by atoms with Crippen LogP contribution in [0.4, 0.5) is 0 Å². The number of nitrogens with one attached hydrogen (secondary N) is 1. The first-order valence-corrected chi connectivity index (χ1v) is 7.35. The minimum atomic E-state index is -0.0192. The van der Waals surface area contributed by atoms with Gasteiger partial charge in [-0.25, -0.2) is 0 Å². The second-order valence-electron chi connectivity index (χ2n) is 5.92. The molecule has 108 valence electrons. The van der Waals surface area contributed by atoms with Gasteiger partial charge < -0.3 is 14.8 Å². The average Bonchev–Trinajstić information content (AvgIpc) is 2.91. The van der Waals surface area contributed by atoms with Crippen LogP contribution in [0.5, 0.6) is 11.5 Å². The van der Waals surface area contributed by atoms with Gasteiger partial charge in [0.05, 0.1) is 0 Å². The number of carbonyl (C=O) groups excluding carboxylic acids is 1. The van der Waals surface area contributed by atoms with Gasteiger partial charge in [0.15, 0.2) is 11.5 Å². The minimum absolute atomic E-state index is 0.0192. The smallest absolute Gasteiger partial charge is 0.251 e. The molecule has 2 aliphatic rings. The summed E-state index contributed by atoms with van der Waals surface area (Å²) in [5.74, 6) is 2.55. The molecule has 1 aliphatic heterocycles. The van der Waals surface area contributed by atoms with E-state index in [1.807, 2.05) is 0 Å². The number of fused-ring (bicyclic) bond motifs is 1. The van der Waals surface area contributed by atoms with E-state index in [0.29, 0.717) is 28.9 Å². The maximum Gasteiger partial charge on any atom is 0.251 e. The van der Waals surface area contributed by atoms with Crippen molar-refractivity contribution in [3.63, 3.8) is 0 Å². The van der Waals surface area contributed by atoms with Crippen molar-refractivity contribution in [1.82, 2.24) is 5.32 Å². The van der Waals surface area contributed by atoms with E-state index in [-0.39, 0.29) is 18.7 Å². The lowest BCUT2D eigenvalue weighted by molar-refractivity contribution is 0.0890. The van der Waals surface area contributed by atoms with E-state index in [1.165, 1.54) is 12.8 Å². The quantitative estimate of drug-likeness (QED) is 0.902. The van der Waals surface area contributed by atoms with Crippen LogP contribution in [0.25, 0.3) is 0 Å². The van der Waals surface area contributed by atoms with Crippen molar-refractivity contribution in [3.05, 3.63) is 23.8 Å². The second kappa shape index (κ2) is 5.35. The SMILES string of the molecule is C[C@H]1[C@H](C)CCC[C@@H]1NC(=O)c1ccc2c(c1)OCO2.